The van der Waals surface area contributed by atoms with Gasteiger partial charge in [0.15, 0.2) is 11.6 Å². The largest absolute Gasteiger partial charge is 0.453 e. The minimum atomic E-state index is -1.38. The quantitative estimate of drug-likeness (QED) is 0.590. The van der Waals surface area contributed by atoms with E-state index in [4.69, 9.17) is 16.3 Å². The maximum atomic E-state index is 14.5. The molecule has 0 saturated carbocycles. The number of amides is 3. The van der Waals surface area contributed by atoms with Crippen molar-refractivity contribution in [2.24, 2.45) is 5.10 Å². The molecule has 3 amide bonds. The Morgan fingerprint density at radius 3 is 2.33 bits per heavy atom. The van der Waals surface area contributed by atoms with Crippen LogP contribution in [0.3, 0.4) is 0 Å². The molecule has 2 aromatic rings. The Bertz CT molecular complexity index is 1140. The summed E-state index contributed by atoms with van der Waals surface area (Å²) in [6.07, 6.45) is -0.671. The van der Waals surface area contributed by atoms with Gasteiger partial charge in [0, 0.05) is 36.3 Å². The van der Waals surface area contributed by atoms with Gasteiger partial charge in [-0.05, 0) is 26.0 Å². The van der Waals surface area contributed by atoms with Crippen molar-refractivity contribution in [1.29, 1.82) is 0 Å². The number of urea groups is 1. The molecule has 176 valence electrons. The predicted molar refractivity (Wildman–Crippen MR) is 118 cm³/mol. The fourth-order valence-electron chi connectivity index (χ4n) is 3.51. The lowest BCUT2D eigenvalue weighted by Crippen LogP contribution is -2.56. The summed E-state index contributed by atoms with van der Waals surface area (Å²) in [6, 6.07) is 6.48. The highest BCUT2D eigenvalue weighted by Gasteiger charge is 2.47. The summed E-state index contributed by atoms with van der Waals surface area (Å²) in [6.45, 7) is 2.64. The molecule has 11 heteroatoms. The molecule has 1 heterocycles. The number of carbonyl (C=O) groups excluding carboxylic acids is 2. The average molecular weight is 483 g/mol. The Hall–Kier alpha value is -3.27. The lowest BCUT2D eigenvalue weighted by molar-refractivity contribution is 0.103. The number of anilines is 1. The van der Waals surface area contributed by atoms with Gasteiger partial charge < -0.3 is 4.74 Å². The number of hydrogen-bond acceptors (Lipinski definition) is 4. The number of hydrazone groups is 1. The second-order valence-electron chi connectivity index (χ2n) is 7.79. The predicted octanol–water partition coefficient (Wildman–Crippen LogP) is 4.80. The first-order chi connectivity index (χ1) is 15.4. The van der Waals surface area contributed by atoms with Gasteiger partial charge in [-0.15, -0.1) is 0 Å². The van der Waals surface area contributed by atoms with E-state index >= 15 is 0 Å². The van der Waals surface area contributed by atoms with Gasteiger partial charge in [-0.2, -0.15) is 5.10 Å². The van der Waals surface area contributed by atoms with Crippen LogP contribution >= 0.6 is 11.6 Å². The van der Waals surface area contributed by atoms with Gasteiger partial charge in [-0.1, -0.05) is 23.7 Å². The van der Waals surface area contributed by atoms with Crippen molar-refractivity contribution in [1.82, 2.24) is 9.91 Å². The van der Waals surface area contributed by atoms with Crippen LogP contribution in [0.15, 0.2) is 35.4 Å². The SMILES string of the molecule is COC(=O)N(C)C1(C)CN(C(=O)N(C)c2cc(F)c(C)c(F)c2F)N=C1c1ccc(Cl)cc1. The van der Waals surface area contributed by atoms with Crippen LogP contribution in [0.5, 0.6) is 0 Å². The summed E-state index contributed by atoms with van der Waals surface area (Å²) >= 11 is 5.97. The van der Waals surface area contributed by atoms with Crippen LogP contribution in [-0.4, -0.2) is 61.0 Å². The van der Waals surface area contributed by atoms with Crippen LogP contribution in [0, 0.1) is 24.4 Å². The van der Waals surface area contributed by atoms with Crippen LogP contribution in [0.2, 0.25) is 5.02 Å². The molecule has 0 spiro atoms. The van der Waals surface area contributed by atoms with Crippen molar-refractivity contribution in [3.05, 3.63) is 63.9 Å². The highest BCUT2D eigenvalue weighted by Crippen LogP contribution is 2.32. The van der Waals surface area contributed by atoms with E-state index in [1.54, 1.807) is 31.2 Å². The fourth-order valence-corrected chi connectivity index (χ4v) is 3.64. The van der Waals surface area contributed by atoms with E-state index < -0.39 is 46.4 Å². The normalized spacial score (nSPS) is 17.6. The molecule has 33 heavy (non-hydrogen) atoms. The number of ether oxygens (including phenoxy) is 1. The number of benzene rings is 2. The third-order valence-corrected chi connectivity index (χ3v) is 5.98. The van der Waals surface area contributed by atoms with E-state index in [-0.39, 0.29) is 6.54 Å². The zero-order chi connectivity index (χ0) is 24.7. The highest BCUT2D eigenvalue weighted by atomic mass is 35.5. The number of rotatable bonds is 3. The summed E-state index contributed by atoms with van der Waals surface area (Å²) in [5.74, 6) is -3.74. The summed E-state index contributed by atoms with van der Waals surface area (Å²) in [4.78, 5) is 27.5. The van der Waals surface area contributed by atoms with Gasteiger partial charge in [0.1, 0.15) is 11.4 Å². The van der Waals surface area contributed by atoms with Crippen molar-refractivity contribution >= 4 is 35.1 Å². The second kappa shape index (κ2) is 8.93. The molecule has 1 aliphatic heterocycles. The Morgan fingerprint density at radius 1 is 1.15 bits per heavy atom. The molecule has 1 atom stereocenters. The second-order valence-corrected chi connectivity index (χ2v) is 8.22. The molecule has 7 nitrogen and oxygen atoms in total. The Labute approximate surface area is 194 Å². The lowest BCUT2D eigenvalue weighted by Gasteiger charge is -2.35. The molecule has 0 radical (unpaired) electrons. The monoisotopic (exact) mass is 482 g/mol. The highest BCUT2D eigenvalue weighted by molar-refractivity contribution is 6.30. The van der Waals surface area contributed by atoms with Crippen LogP contribution in [0.1, 0.15) is 18.1 Å². The van der Waals surface area contributed by atoms with E-state index in [1.165, 1.54) is 26.1 Å². The van der Waals surface area contributed by atoms with Crippen molar-refractivity contribution < 1.29 is 27.5 Å². The maximum Gasteiger partial charge on any atom is 0.410 e. The number of likely N-dealkylation sites (N-methyl/N-ethyl adjacent to an activating group) is 1. The van der Waals surface area contributed by atoms with E-state index in [0.717, 1.165) is 22.9 Å². The van der Waals surface area contributed by atoms with Gasteiger partial charge >= 0.3 is 12.1 Å². The van der Waals surface area contributed by atoms with Gasteiger partial charge in [-0.3, -0.25) is 9.80 Å². The molecule has 0 N–H and O–H groups in total. The molecular formula is C22H22ClF3N4O3. The van der Waals surface area contributed by atoms with E-state index in [9.17, 15) is 22.8 Å². The van der Waals surface area contributed by atoms with Crippen molar-refractivity contribution in [3.63, 3.8) is 0 Å². The summed E-state index contributed by atoms with van der Waals surface area (Å²) < 4.78 is 47.4. The fraction of sp³-hybridized carbons (Fsp3) is 0.318. The van der Waals surface area contributed by atoms with Gasteiger partial charge in [0.2, 0.25) is 0 Å². The minimum Gasteiger partial charge on any atom is -0.453 e. The number of halogens is 4. The topological polar surface area (TPSA) is 65.5 Å². The van der Waals surface area contributed by atoms with Crippen molar-refractivity contribution in [2.45, 2.75) is 19.4 Å². The first-order valence-electron chi connectivity index (χ1n) is 9.78. The van der Waals surface area contributed by atoms with Gasteiger partial charge in [0.05, 0.1) is 25.1 Å². The van der Waals surface area contributed by atoms with Gasteiger partial charge in [0.25, 0.3) is 0 Å². The molecule has 0 fully saturated rings. The van der Waals surface area contributed by atoms with E-state index in [1.807, 2.05) is 0 Å². The van der Waals surface area contributed by atoms with Crippen LogP contribution in [0.4, 0.5) is 28.4 Å². The number of carbonyl (C=O) groups is 2. The third kappa shape index (κ3) is 4.22. The summed E-state index contributed by atoms with van der Waals surface area (Å²) in [7, 11) is 3.88. The molecule has 1 aliphatic rings. The van der Waals surface area contributed by atoms with E-state index in [2.05, 4.69) is 5.10 Å². The zero-order valence-corrected chi connectivity index (χ0v) is 19.4. The van der Waals surface area contributed by atoms with E-state index in [0.29, 0.717) is 16.3 Å². The third-order valence-electron chi connectivity index (χ3n) is 5.73. The van der Waals surface area contributed by atoms with Crippen molar-refractivity contribution in [3.8, 4) is 0 Å². The molecular weight excluding hydrogens is 461 g/mol. The molecule has 0 aromatic heterocycles. The minimum absolute atomic E-state index is 0.127. The molecule has 2 aromatic carbocycles. The lowest BCUT2D eigenvalue weighted by atomic mass is 9.90. The first kappa shape index (κ1) is 24.4. The maximum absolute atomic E-state index is 14.5. The zero-order valence-electron chi connectivity index (χ0n) is 18.6. The van der Waals surface area contributed by atoms with Crippen LogP contribution < -0.4 is 4.90 Å². The average Bonchev–Trinajstić information content (AvgIpc) is 3.17. The standard InChI is InChI=1S/C22H22ClF3N4O3/c1-12-15(24)10-16(18(26)17(12)25)28(3)20(31)30-11-22(2,29(4)21(32)33-5)19(27-30)13-6-8-14(23)9-7-13/h6-10H,11H2,1-5H3. The van der Waals surface area contributed by atoms with Crippen LogP contribution in [0.25, 0.3) is 0 Å². The molecule has 1 unspecified atom stereocenters. The molecule has 0 bridgehead atoms. The molecule has 3 rings (SSSR count). The smallest absolute Gasteiger partial charge is 0.410 e. The Kier molecular flexibility index (Phi) is 6.60. The number of nitrogens with zero attached hydrogens (tertiary/aromatic N) is 4. The Balaban J connectivity index is 2.04. The molecule has 0 aliphatic carbocycles. The van der Waals surface area contributed by atoms with Crippen molar-refractivity contribution in [2.75, 3.05) is 32.6 Å². The number of hydrogen-bond donors (Lipinski definition) is 0. The summed E-state index contributed by atoms with van der Waals surface area (Å²) in [5.41, 5.74) is -1.29. The summed E-state index contributed by atoms with van der Waals surface area (Å²) in [5, 5.41) is 5.85. The Morgan fingerprint density at radius 2 is 1.76 bits per heavy atom. The molecule has 0 saturated heterocycles. The number of methoxy groups -OCH3 is 1. The van der Waals surface area contributed by atoms with Crippen LogP contribution in [-0.2, 0) is 4.74 Å². The van der Waals surface area contributed by atoms with Gasteiger partial charge in [-0.25, -0.2) is 27.8 Å². The first-order valence-corrected chi connectivity index (χ1v) is 10.2.